The van der Waals surface area contributed by atoms with E-state index in [0.717, 1.165) is 25.7 Å². The zero-order chi connectivity index (χ0) is 12.3. The normalized spacial score (nSPS) is 18.0. The first-order valence-corrected chi connectivity index (χ1v) is 6.33. The van der Waals surface area contributed by atoms with Crippen LogP contribution in [-0.4, -0.2) is 11.8 Å². The molecule has 2 rings (SSSR count). The maximum absolute atomic E-state index is 13.9. The smallest absolute Gasteiger partial charge is 0.235 e. The molecule has 0 saturated heterocycles. The Labute approximate surface area is 105 Å². The van der Waals surface area contributed by atoms with Gasteiger partial charge in [0.05, 0.1) is 5.54 Å². The van der Waals surface area contributed by atoms with Crippen molar-refractivity contribution >= 4 is 17.5 Å². The van der Waals surface area contributed by atoms with Crippen molar-refractivity contribution in [3.8, 4) is 0 Å². The highest BCUT2D eigenvalue weighted by molar-refractivity contribution is 6.27. The minimum absolute atomic E-state index is 0.0871. The van der Waals surface area contributed by atoms with E-state index in [1.165, 1.54) is 6.07 Å². The molecule has 92 valence electrons. The summed E-state index contributed by atoms with van der Waals surface area (Å²) in [7, 11) is 0. The van der Waals surface area contributed by atoms with Crippen molar-refractivity contribution in [1.82, 2.24) is 5.32 Å². The fourth-order valence-electron chi connectivity index (χ4n) is 2.59. The number of carbonyl (C=O) groups excluding carboxylic acids is 1. The molecule has 2 nitrogen and oxygen atoms in total. The maximum atomic E-state index is 13.9. The zero-order valence-corrected chi connectivity index (χ0v) is 10.3. The molecule has 0 spiro atoms. The predicted molar refractivity (Wildman–Crippen MR) is 65.4 cm³/mol. The Morgan fingerprint density at radius 2 is 2.00 bits per heavy atom. The van der Waals surface area contributed by atoms with Gasteiger partial charge in [0.1, 0.15) is 11.7 Å². The van der Waals surface area contributed by atoms with E-state index in [9.17, 15) is 9.18 Å². The minimum Gasteiger partial charge on any atom is -0.345 e. The Morgan fingerprint density at radius 1 is 1.35 bits per heavy atom. The molecule has 0 unspecified atom stereocenters. The number of alkyl halides is 1. The van der Waals surface area contributed by atoms with Gasteiger partial charge in [-0.2, -0.15) is 0 Å². The summed E-state index contributed by atoms with van der Waals surface area (Å²) in [5, 5.41) is 2.89. The van der Waals surface area contributed by atoms with Crippen LogP contribution in [-0.2, 0) is 10.3 Å². The van der Waals surface area contributed by atoms with Gasteiger partial charge in [-0.25, -0.2) is 4.39 Å². The topological polar surface area (TPSA) is 29.1 Å². The third-order valence-corrected chi connectivity index (χ3v) is 3.59. The molecule has 1 aliphatic carbocycles. The van der Waals surface area contributed by atoms with Gasteiger partial charge in [-0.3, -0.25) is 4.79 Å². The first-order chi connectivity index (χ1) is 8.18. The van der Waals surface area contributed by atoms with Crippen LogP contribution in [0.4, 0.5) is 4.39 Å². The molecule has 17 heavy (non-hydrogen) atoms. The zero-order valence-electron chi connectivity index (χ0n) is 9.51. The van der Waals surface area contributed by atoms with Crippen molar-refractivity contribution in [2.24, 2.45) is 0 Å². The third-order valence-electron chi connectivity index (χ3n) is 3.35. The van der Waals surface area contributed by atoms with Crippen LogP contribution in [0.5, 0.6) is 0 Å². The quantitative estimate of drug-likeness (QED) is 0.827. The maximum Gasteiger partial charge on any atom is 0.235 e. The number of carbonyl (C=O) groups is 1. The highest BCUT2D eigenvalue weighted by Gasteiger charge is 2.38. The molecule has 1 saturated carbocycles. The van der Waals surface area contributed by atoms with Crippen molar-refractivity contribution in [2.75, 3.05) is 5.88 Å². The van der Waals surface area contributed by atoms with E-state index < -0.39 is 5.54 Å². The van der Waals surface area contributed by atoms with Crippen LogP contribution in [0.3, 0.4) is 0 Å². The monoisotopic (exact) mass is 255 g/mol. The van der Waals surface area contributed by atoms with Gasteiger partial charge in [-0.05, 0) is 18.9 Å². The second-order valence-electron chi connectivity index (χ2n) is 4.45. The minimum atomic E-state index is -0.558. The van der Waals surface area contributed by atoms with Crippen LogP contribution in [0.15, 0.2) is 24.3 Å². The number of hydrogen-bond acceptors (Lipinski definition) is 1. The van der Waals surface area contributed by atoms with Gasteiger partial charge in [-0.15, -0.1) is 11.6 Å². The second kappa shape index (κ2) is 5.05. The van der Waals surface area contributed by atoms with E-state index in [1.807, 2.05) is 0 Å². The number of nitrogens with one attached hydrogen (secondary N) is 1. The Balaban J connectivity index is 2.34. The molecule has 1 fully saturated rings. The van der Waals surface area contributed by atoms with Crippen molar-refractivity contribution in [3.63, 3.8) is 0 Å². The Morgan fingerprint density at radius 3 is 2.59 bits per heavy atom. The molecule has 1 aromatic carbocycles. The molecule has 1 aliphatic rings. The van der Waals surface area contributed by atoms with Crippen LogP contribution in [0.1, 0.15) is 31.2 Å². The van der Waals surface area contributed by atoms with E-state index >= 15 is 0 Å². The Hall–Kier alpha value is -1.09. The average molecular weight is 256 g/mol. The van der Waals surface area contributed by atoms with Gasteiger partial charge in [0.2, 0.25) is 5.91 Å². The van der Waals surface area contributed by atoms with Crippen molar-refractivity contribution in [2.45, 2.75) is 31.2 Å². The van der Waals surface area contributed by atoms with Crippen molar-refractivity contribution in [3.05, 3.63) is 35.6 Å². The van der Waals surface area contributed by atoms with Gasteiger partial charge in [0.15, 0.2) is 0 Å². The largest absolute Gasteiger partial charge is 0.345 e. The standard InChI is InChI=1S/C13H15ClFNO/c14-9-12(17)16-13(7-3-4-8-13)10-5-1-2-6-11(10)15/h1-2,5-6H,3-4,7-9H2,(H,16,17). The molecule has 1 aromatic rings. The number of halogens is 2. The molecule has 0 heterocycles. The van der Waals surface area contributed by atoms with Crippen LogP contribution < -0.4 is 5.32 Å². The lowest BCUT2D eigenvalue weighted by atomic mass is 9.87. The lowest BCUT2D eigenvalue weighted by molar-refractivity contribution is -0.120. The number of rotatable bonds is 3. The first-order valence-electron chi connectivity index (χ1n) is 5.80. The highest BCUT2D eigenvalue weighted by atomic mass is 35.5. The molecular weight excluding hydrogens is 241 g/mol. The average Bonchev–Trinajstić information content (AvgIpc) is 2.79. The number of hydrogen-bond donors (Lipinski definition) is 1. The molecule has 0 aliphatic heterocycles. The molecule has 1 N–H and O–H groups in total. The van der Waals surface area contributed by atoms with Gasteiger partial charge >= 0.3 is 0 Å². The van der Waals surface area contributed by atoms with E-state index in [0.29, 0.717) is 5.56 Å². The fourth-order valence-corrected chi connectivity index (χ4v) is 2.66. The first kappa shape index (κ1) is 12.4. The van der Waals surface area contributed by atoms with E-state index in [4.69, 9.17) is 11.6 Å². The van der Waals surface area contributed by atoms with Gasteiger partial charge in [-0.1, -0.05) is 31.0 Å². The fraction of sp³-hybridized carbons (Fsp3) is 0.462. The predicted octanol–water partition coefficient (Wildman–Crippen LogP) is 2.95. The van der Waals surface area contributed by atoms with E-state index in [1.54, 1.807) is 18.2 Å². The number of benzene rings is 1. The summed E-state index contributed by atoms with van der Waals surface area (Å²) in [6.07, 6.45) is 3.54. The third kappa shape index (κ3) is 2.44. The Kier molecular flexibility index (Phi) is 3.67. The van der Waals surface area contributed by atoms with Crippen LogP contribution in [0, 0.1) is 5.82 Å². The van der Waals surface area contributed by atoms with E-state index in [2.05, 4.69) is 5.32 Å². The van der Waals surface area contributed by atoms with Crippen LogP contribution in [0.2, 0.25) is 0 Å². The molecule has 0 atom stereocenters. The lowest BCUT2D eigenvalue weighted by Gasteiger charge is -2.31. The Bertz CT molecular complexity index is 416. The van der Waals surface area contributed by atoms with Gasteiger partial charge in [0, 0.05) is 5.56 Å². The van der Waals surface area contributed by atoms with Crippen LogP contribution >= 0.6 is 11.6 Å². The van der Waals surface area contributed by atoms with Gasteiger partial charge < -0.3 is 5.32 Å². The van der Waals surface area contributed by atoms with Gasteiger partial charge in [0.25, 0.3) is 0 Å². The summed E-state index contributed by atoms with van der Waals surface area (Å²) in [6, 6.07) is 6.63. The molecule has 4 heteroatoms. The van der Waals surface area contributed by atoms with Crippen molar-refractivity contribution in [1.29, 1.82) is 0 Å². The summed E-state index contributed by atoms with van der Waals surface area (Å²) >= 11 is 5.51. The number of amides is 1. The summed E-state index contributed by atoms with van der Waals surface area (Å²) < 4.78 is 13.9. The molecule has 1 amide bonds. The molecule has 0 radical (unpaired) electrons. The summed E-state index contributed by atoms with van der Waals surface area (Å²) in [5.74, 6) is -0.586. The molecule has 0 bridgehead atoms. The molecule has 0 aromatic heterocycles. The molecular formula is C13H15ClFNO. The van der Waals surface area contributed by atoms with Crippen LogP contribution in [0.25, 0.3) is 0 Å². The summed E-state index contributed by atoms with van der Waals surface area (Å²) in [6.45, 7) is 0. The summed E-state index contributed by atoms with van der Waals surface area (Å²) in [5.41, 5.74) is 0.0214. The van der Waals surface area contributed by atoms with Crippen molar-refractivity contribution < 1.29 is 9.18 Å². The SMILES string of the molecule is O=C(CCl)NC1(c2ccccc2F)CCCC1. The van der Waals surface area contributed by atoms with E-state index in [-0.39, 0.29) is 17.6 Å². The lowest BCUT2D eigenvalue weighted by Crippen LogP contribution is -2.45. The second-order valence-corrected chi connectivity index (χ2v) is 4.72. The highest BCUT2D eigenvalue weighted by Crippen LogP contribution is 2.39. The summed E-state index contributed by atoms with van der Waals surface area (Å²) in [4.78, 5) is 11.5.